The third kappa shape index (κ3) is 1.32. The highest BCUT2D eigenvalue weighted by atomic mass is 16.1. The molecule has 4 aliphatic carbocycles. The Balaban J connectivity index is 0.000000722. The molecular formula is C12H24N2O. The van der Waals surface area contributed by atoms with Crippen LogP contribution in [-0.2, 0) is 4.79 Å². The highest BCUT2D eigenvalue weighted by molar-refractivity contribution is 5.47. The monoisotopic (exact) mass is 212 g/mol. The quantitative estimate of drug-likeness (QED) is 0.694. The van der Waals surface area contributed by atoms with E-state index in [1.54, 1.807) is 0 Å². The first-order valence-corrected chi connectivity index (χ1v) is 6.15. The van der Waals surface area contributed by atoms with Crippen LogP contribution in [0.2, 0.25) is 0 Å². The lowest BCUT2D eigenvalue weighted by Crippen LogP contribution is -2.64. The van der Waals surface area contributed by atoms with Crippen molar-refractivity contribution in [3.63, 3.8) is 0 Å². The zero-order valence-electron chi connectivity index (χ0n) is 9.33. The van der Waals surface area contributed by atoms with E-state index in [2.05, 4.69) is 17.7 Å². The predicted molar refractivity (Wildman–Crippen MR) is 62.6 cm³/mol. The Morgan fingerprint density at radius 2 is 1.93 bits per heavy atom. The van der Waals surface area contributed by atoms with E-state index in [-0.39, 0.29) is 2.85 Å². The van der Waals surface area contributed by atoms with E-state index in [0.717, 1.165) is 24.2 Å². The zero-order valence-corrected chi connectivity index (χ0v) is 9.33. The number of hydrogen-bond acceptors (Lipinski definition) is 2. The maximum Gasteiger partial charge on any atom is 0.207 e. The molecule has 0 saturated heterocycles. The molecule has 2 N–H and O–H groups in total. The summed E-state index contributed by atoms with van der Waals surface area (Å²) in [6.45, 7) is 0. The molecule has 0 aromatic heterocycles. The minimum absolute atomic E-state index is 0. The molecule has 3 nitrogen and oxygen atoms in total. The second-order valence-electron chi connectivity index (χ2n) is 5.81. The third-order valence-corrected chi connectivity index (χ3v) is 5.06. The molecule has 15 heavy (non-hydrogen) atoms. The summed E-state index contributed by atoms with van der Waals surface area (Å²) in [7, 11) is 2.11. The van der Waals surface area contributed by atoms with Gasteiger partial charge >= 0.3 is 0 Å². The zero-order chi connectivity index (χ0) is 10.5. The molecule has 0 heterocycles. The number of hydrogen-bond donors (Lipinski definition) is 2. The maximum atomic E-state index is 10.6. The highest BCUT2D eigenvalue weighted by Gasteiger charge is 2.54. The van der Waals surface area contributed by atoms with Crippen LogP contribution in [0.25, 0.3) is 0 Å². The Hall–Kier alpha value is -0.570. The molecule has 1 amide bonds. The van der Waals surface area contributed by atoms with Crippen LogP contribution in [0.15, 0.2) is 0 Å². The molecule has 4 saturated carbocycles. The van der Waals surface area contributed by atoms with E-state index in [1.165, 1.54) is 32.1 Å². The van der Waals surface area contributed by atoms with Gasteiger partial charge in [-0.25, -0.2) is 0 Å². The first kappa shape index (κ1) is 9.64. The van der Waals surface area contributed by atoms with Gasteiger partial charge in [0.2, 0.25) is 6.41 Å². The van der Waals surface area contributed by atoms with Crippen molar-refractivity contribution in [3.8, 4) is 0 Å². The molecule has 4 rings (SSSR count). The largest absolute Gasteiger partial charge is 0.355 e. The molecule has 0 aromatic rings. The third-order valence-electron chi connectivity index (χ3n) is 5.06. The average molecular weight is 212 g/mol. The summed E-state index contributed by atoms with van der Waals surface area (Å²) in [5.41, 5.74) is 0.414. The second kappa shape index (κ2) is 3.21. The van der Waals surface area contributed by atoms with Gasteiger partial charge in [0, 0.05) is 14.4 Å². The van der Waals surface area contributed by atoms with Crippen molar-refractivity contribution in [1.29, 1.82) is 0 Å². The molecule has 3 heteroatoms. The molecule has 0 aromatic carbocycles. The standard InChI is InChI=1S/C12H20N2O.2H2/c1-13-12-4-8-2-9(5-12)11(14-7-15)10(3-8)6-12;;/h7-11,13H,2-6H2,1H3,(H,14,15);2*1H/t8?,9-,10+,11?,12?;;. The molecule has 0 spiro atoms. The summed E-state index contributed by atoms with van der Waals surface area (Å²) in [6, 6.07) is 0.473. The summed E-state index contributed by atoms with van der Waals surface area (Å²) >= 11 is 0. The van der Waals surface area contributed by atoms with Crippen LogP contribution < -0.4 is 10.6 Å². The smallest absolute Gasteiger partial charge is 0.207 e. The van der Waals surface area contributed by atoms with E-state index in [9.17, 15) is 4.79 Å². The summed E-state index contributed by atoms with van der Waals surface area (Å²) in [6.07, 6.45) is 7.48. The number of carbonyl (C=O) groups is 1. The predicted octanol–water partition coefficient (Wildman–Crippen LogP) is 1.39. The van der Waals surface area contributed by atoms with E-state index in [4.69, 9.17) is 0 Å². The summed E-state index contributed by atoms with van der Waals surface area (Å²) in [5.74, 6) is 2.38. The van der Waals surface area contributed by atoms with Crippen LogP contribution in [0.5, 0.6) is 0 Å². The number of nitrogens with one attached hydrogen (secondary N) is 2. The fraction of sp³-hybridized carbons (Fsp3) is 0.917. The lowest BCUT2D eigenvalue weighted by atomic mass is 9.51. The number of amides is 1. The van der Waals surface area contributed by atoms with Crippen molar-refractivity contribution in [2.24, 2.45) is 17.8 Å². The average Bonchev–Trinajstić information content (AvgIpc) is 2.22. The SMILES string of the molecule is CNC12CC3C[C@H](C1)C(NC=O)[C@@H](C3)C2.[HH].[HH]. The Labute approximate surface area is 94.0 Å². The molecule has 3 unspecified atom stereocenters. The number of carbonyl (C=O) groups excluding carboxylic acids is 1. The van der Waals surface area contributed by atoms with E-state index >= 15 is 0 Å². The number of rotatable bonds is 3. The van der Waals surface area contributed by atoms with E-state index in [0.29, 0.717) is 11.6 Å². The van der Waals surface area contributed by atoms with E-state index < -0.39 is 0 Å². The Morgan fingerprint density at radius 1 is 1.27 bits per heavy atom. The fourth-order valence-electron chi connectivity index (χ4n) is 4.68. The maximum absolute atomic E-state index is 10.6. The highest BCUT2D eigenvalue weighted by Crippen LogP contribution is 2.55. The van der Waals surface area contributed by atoms with Gasteiger partial charge in [0.15, 0.2) is 0 Å². The first-order chi connectivity index (χ1) is 7.26. The lowest BCUT2D eigenvalue weighted by Gasteiger charge is -2.60. The summed E-state index contributed by atoms with van der Waals surface area (Å²) in [4.78, 5) is 10.6. The summed E-state index contributed by atoms with van der Waals surface area (Å²) < 4.78 is 0. The van der Waals surface area contributed by atoms with Crippen LogP contribution in [0.4, 0.5) is 0 Å². The molecule has 4 aliphatic rings. The van der Waals surface area contributed by atoms with Gasteiger partial charge in [0.1, 0.15) is 0 Å². The van der Waals surface area contributed by atoms with Gasteiger partial charge in [0.25, 0.3) is 0 Å². The van der Waals surface area contributed by atoms with Gasteiger partial charge < -0.3 is 10.6 Å². The molecular weight excluding hydrogens is 188 g/mol. The molecule has 0 radical (unpaired) electrons. The lowest BCUT2D eigenvalue weighted by molar-refractivity contribution is -0.114. The van der Waals surface area contributed by atoms with Gasteiger partial charge in [0.05, 0.1) is 0 Å². The molecule has 88 valence electrons. The van der Waals surface area contributed by atoms with Gasteiger partial charge in [-0.05, 0) is 56.9 Å². The van der Waals surface area contributed by atoms with Gasteiger partial charge in [-0.15, -0.1) is 0 Å². The van der Waals surface area contributed by atoms with Crippen LogP contribution in [0, 0.1) is 17.8 Å². The Morgan fingerprint density at radius 3 is 2.47 bits per heavy atom. The van der Waals surface area contributed by atoms with Crippen molar-refractivity contribution >= 4 is 6.41 Å². The van der Waals surface area contributed by atoms with Crippen molar-refractivity contribution in [2.75, 3.05) is 7.05 Å². The van der Waals surface area contributed by atoms with Gasteiger partial charge in [-0.2, -0.15) is 0 Å². The van der Waals surface area contributed by atoms with Crippen LogP contribution in [-0.4, -0.2) is 25.0 Å². The Bertz CT molecular complexity index is 272. The van der Waals surface area contributed by atoms with Crippen molar-refractivity contribution in [2.45, 2.75) is 43.7 Å². The van der Waals surface area contributed by atoms with Gasteiger partial charge in [-0.1, -0.05) is 0 Å². The minimum atomic E-state index is 0. The minimum Gasteiger partial charge on any atom is -0.355 e. The Kier molecular flexibility index (Phi) is 2.06. The second-order valence-corrected chi connectivity index (χ2v) is 5.81. The van der Waals surface area contributed by atoms with E-state index in [1.807, 2.05) is 0 Å². The topological polar surface area (TPSA) is 41.1 Å². The van der Waals surface area contributed by atoms with Crippen LogP contribution in [0.1, 0.15) is 35.0 Å². The molecule has 5 atom stereocenters. The molecule has 4 fully saturated rings. The fourth-order valence-corrected chi connectivity index (χ4v) is 4.68. The van der Waals surface area contributed by atoms with Gasteiger partial charge in [-0.3, -0.25) is 4.79 Å². The molecule has 4 bridgehead atoms. The van der Waals surface area contributed by atoms with Crippen molar-refractivity contribution in [1.82, 2.24) is 10.6 Å². The summed E-state index contributed by atoms with van der Waals surface area (Å²) in [5, 5.41) is 6.62. The molecule has 0 aliphatic heterocycles. The van der Waals surface area contributed by atoms with Crippen molar-refractivity contribution in [3.05, 3.63) is 0 Å². The van der Waals surface area contributed by atoms with Crippen LogP contribution >= 0.6 is 0 Å². The normalized spacial score (nSPS) is 51.8. The van der Waals surface area contributed by atoms with Crippen LogP contribution in [0.3, 0.4) is 0 Å². The van der Waals surface area contributed by atoms with Crippen molar-refractivity contribution < 1.29 is 7.65 Å². The first-order valence-electron chi connectivity index (χ1n) is 6.15.